The van der Waals surface area contributed by atoms with Crippen LogP contribution in [0.25, 0.3) is 0 Å². The fraction of sp³-hybridized carbons (Fsp3) is 0.312. The van der Waals surface area contributed by atoms with E-state index in [9.17, 15) is 5.26 Å². The smallest absolute Gasteiger partial charge is 0.257 e. The maximum absolute atomic E-state index is 9.42. The SMILES string of the molecule is CCc1nnc(Oc2ccc(Br)c(C)c2)c(C#N)c1CC. The van der Waals surface area contributed by atoms with Crippen molar-refractivity contribution in [2.24, 2.45) is 0 Å². The Balaban J connectivity index is 2.44. The molecule has 4 nitrogen and oxygen atoms in total. The van der Waals surface area contributed by atoms with Crippen LogP contribution in [0.3, 0.4) is 0 Å². The van der Waals surface area contributed by atoms with Crippen LogP contribution in [0.2, 0.25) is 0 Å². The fourth-order valence-electron chi connectivity index (χ4n) is 2.13. The van der Waals surface area contributed by atoms with Gasteiger partial charge in [-0.05, 0) is 49.1 Å². The molecule has 0 aliphatic rings. The van der Waals surface area contributed by atoms with Gasteiger partial charge in [-0.2, -0.15) is 10.4 Å². The number of ether oxygens (including phenoxy) is 1. The highest BCUT2D eigenvalue weighted by atomic mass is 79.9. The second-order valence-electron chi connectivity index (χ2n) is 4.64. The van der Waals surface area contributed by atoms with Crippen molar-refractivity contribution in [3.05, 3.63) is 45.1 Å². The van der Waals surface area contributed by atoms with Crippen LogP contribution in [-0.2, 0) is 12.8 Å². The molecule has 0 aliphatic heterocycles. The molecule has 0 spiro atoms. The van der Waals surface area contributed by atoms with Gasteiger partial charge < -0.3 is 4.74 Å². The number of halogens is 1. The molecule has 0 bridgehead atoms. The van der Waals surface area contributed by atoms with Crippen LogP contribution in [0, 0.1) is 18.3 Å². The Morgan fingerprint density at radius 1 is 1.24 bits per heavy atom. The third-order valence-electron chi connectivity index (χ3n) is 3.27. The molecule has 0 unspecified atom stereocenters. The third-order valence-corrected chi connectivity index (χ3v) is 4.16. The van der Waals surface area contributed by atoms with Crippen molar-refractivity contribution in [3.8, 4) is 17.7 Å². The number of nitriles is 1. The molecule has 1 heterocycles. The van der Waals surface area contributed by atoms with E-state index in [0.717, 1.165) is 34.1 Å². The van der Waals surface area contributed by atoms with Crippen molar-refractivity contribution in [2.75, 3.05) is 0 Å². The first-order chi connectivity index (χ1) is 10.1. The number of rotatable bonds is 4. The van der Waals surface area contributed by atoms with Crippen LogP contribution in [0.5, 0.6) is 11.6 Å². The van der Waals surface area contributed by atoms with E-state index < -0.39 is 0 Å². The van der Waals surface area contributed by atoms with Gasteiger partial charge in [-0.3, -0.25) is 0 Å². The molecule has 0 aliphatic carbocycles. The van der Waals surface area contributed by atoms with Crippen molar-refractivity contribution in [3.63, 3.8) is 0 Å². The topological polar surface area (TPSA) is 58.8 Å². The van der Waals surface area contributed by atoms with Crippen molar-refractivity contribution >= 4 is 15.9 Å². The van der Waals surface area contributed by atoms with Gasteiger partial charge in [-0.1, -0.05) is 29.8 Å². The summed E-state index contributed by atoms with van der Waals surface area (Å²) in [6.45, 7) is 5.99. The average Bonchev–Trinajstić information content (AvgIpc) is 2.50. The number of benzene rings is 1. The molecular weight excluding hydrogens is 330 g/mol. The molecule has 21 heavy (non-hydrogen) atoms. The predicted octanol–water partition coefficient (Wildman–Crippen LogP) is 4.34. The Hall–Kier alpha value is -1.93. The zero-order valence-corrected chi connectivity index (χ0v) is 13.9. The summed E-state index contributed by atoms with van der Waals surface area (Å²) in [5, 5.41) is 17.7. The number of hydrogen-bond acceptors (Lipinski definition) is 4. The Morgan fingerprint density at radius 3 is 2.57 bits per heavy atom. The summed E-state index contributed by atoms with van der Waals surface area (Å²) in [6, 6.07) is 7.84. The minimum atomic E-state index is 0.272. The van der Waals surface area contributed by atoms with E-state index in [4.69, 9.17) is 4.74 Å². The first-order valence-electron chi connectivity index (χ1n) is 6.83. The molecular formula is C16H16BrN3O. The molecule has 2 aromatic rings. The summed E-state index contributed by atoms with van der Waals surface area (Å²) < 4.78 is 6.77. The Bertz CT molecular complexity index is 707. The van der Waals surface area contributed by atoms with Crippen LogP contribution in [-0.4, -0.2) is 10.2 Å². The number of aromatic nitrogens is 2. The van der Waals surface area contributed by atoms with Crippen molar-refractivity contribution in [2.45, 2.75) is 33.6 Å². The molecule has 0 N–H and O–H groups in total. The van der Waals surface area contributed by atoms with Crippen LogP contribution in [0.4, 0.5) is 0 Å². The van der Waals surface area contributed by atoms with Crippen LogP contribution >= 0.6 is 15.9 Å². The number of aryl methyl sites for hydroxylation is 2. The molecule has 1 aromatic heterocycles. The van der Waals surface area contributed by atoms with E-state index in [-0.39, 0.29) is 5.88 Å². The lowest BCUT2D eigenvalue weighted by Gasteiger charge is -2.11. The van der Waals surface area contributed by atoms with E-state index >= 15 is 0 Å². The standard InChI is InChI=1S/C16H16BrN3O/c1-4-12-13(9-18)16(20-19-15(12)5-2)21-11-6-7-14(17)10(3)8-11/h6-8H,4-5H2,1-3H3. The van der Waals surface area contributed by atoms with Gasteiger partial charge in [0.1, 0.15) is 17.4 Å². The summed E-state index contributed by atoms with van der Waals surface area (Å²) in [6.07, 6.45) is 1.49. The minimum Gasteiger partial charge on any atom is -0.437 e. The van der Waals surface area contributed by atoms with E-state index in [0.29, 0.717) is 11.3 Å². The molecule has 2 rings (SSSR count). The monoisotopic (exact) mass is 345 g/mol. The van der Waals surface area contributed by atoms with E-state index in [2.05, 4.69) is 32.2 Å². The fourth-order valence-corrected chi connectivity index (χ4v) is 2.38. The summed E-state index contributed by atoms with van der Waals surface area (Å²) in [7, 11) is 0. The summed E-state index contributed by atoms with van der Waals surface area (Å²) >= 11 is 3.45. The quantitative estimate of drug-likeness (QED) is 0.826. The van der Waals surface area contributed by atoms with E-state index in [1.54, 1.807) is 0 Å². The van der Waals surface area contributed by atoms with Crippen LogP contribution < -0.4 is 4.74 Å². The van der Waals surface area contributed by atoms with Gasteiger partial charge in [-0.15, -0.1) is 5.10 Å². The van der Waals surface area contributed by atoms with Crippen molar-refractivity contribution < 1.29 is 4.74 Å². The first kappa shape index (κ1) is 15.5. The zero-order chi connectivity index (χ0) is 15.4. The maximum atomic E-state index is 9.42. The lowest BCUT2D eigenvalue weighted by Crippen LogP contribution is -2.05. The predicted molar refractivity (Wildman–Crippen MR) is 84.5 cm³/mol. The van der Waals surface area contributed by atoms with Gasteiger partial charge in [0.2, 0.25) is 0 Å². The lowest BCUT2D eigenvalue weighted by molar-refractivity contribution is 0.450. The third kappa shape index (κ3) is 3.22. The number of hydrogen-bond donors (Lipinski definition) is 0. The van der Waals surface area contributed by atoms with Gasteiger partial charge >= 0.3 is 0 Å². The van der Waals surface area contributed by atoms with Crippen LogP contribution in [0.15, 0.2) is 22.7 Å². The Morgan fingerprint density at radius 2 is 2.00 bits per heavy atom. The normalized spacial score (nSPS) is 10.2. The average molecular weight is 346 g/mol. The van der Waals surface area contributed by atoms with Crippen molar-refractivity contribution in [1.29, 1.82) is 5.26 Å². The van der Waals surface area contributed by atoms with Gasteiger partial charge in [0, 0.05) is 4.47 Å². The second-order valence-corrected chi connectivity index (χ2v) is 5.49. The van der Waals surface area contributed by atoms with Gasteiger partial charge in [0.05, 0.1) is 5.69 Å². The molecule has 0 atom stereocenters. The zero-order valence-electron chi connectivity index (χ0n) is 12.3. The summed E-state index contributed by atoms with van der Waals surface area (Å²) in [4.78, 5) is 0. The van der Waals surface area contributed by atoms with Gasteiger partial charge in [0.25, 0.3) is 5.88 Å². The van der Waals surface area contributed by atoms with Gasteiger partial charge in [-0.25, -0.2) is 0 Å². The maximum Gasteiger partial charge on any atom is 0.257 e. The molecule has 0 saturated heterocycles. The second kappa shape index (κ2) is 6.68. The van der Waals surface area contributed by atoms with E-state index in [1.165, 1.54) is 0 Å². The molecule has 0 fully saturated rings. The summed E-state index contributed by atoms with van der Waals surface area (Å²) in [5.74, 6) is 0.918. The largest absolute Gasteiger partial charge is 0.437 e. The first-order valence-corrected chi connectivity index (χ1v) is 7.62. The summed E-state index contributed by atoms with van der Waals surface area (Å²) in [5.41, 5.74) is 3.30. The molecule has 5 heteroatoms. The molecule has 0 saturated carbocycles. The van der Waals surface area contributed by atoms with E-state index in [1.807, 2.05) is 39.0 Å². The Kier molecular flexibility index (Phi) is 4.92. The van der Waals surface area contributed by atoms with Gasteiger partial charge in [0.15, 0.2) is 0 Å². The highest BCUT2D eigenvalue weighted by Crippen LogP contribution is 2.29. The molecule has 0 amide bonds. The highest BCUT2D eigenvalue weighted by molar-refractivity contribution is 9.10. The minimum absolute atomic E-state index is 0.272. The Labute approximate surface area is 132 Å². The van der Waals surface area contributed by atoms with Crippen molar-refractivity contribution in [1.82, 2.24) is 10.2 Å². The van der Waals surface area contributed by atoms with Crippen LogP contribution in [0.1, 0.15) is 36.2 Å². The molecule has 1 aromatic carbocycles. The molecule has 0 radical (unpaired) electrons. The highest BCUT2D eigenvalue weighted by Gasteiger charge is 2.16. The number of nitrogens with zero attached hydrogens (tertiary/aromatic N) is 3. The molecule has 108 valence electrons. The lowest BCUT2D eigenvalue weighted by atomic mass is 10.0.